The van der Waals surface area contributed by atoms with Gasteiger partial charge in [0.05, 0.1) is 23.8 Å². The van der Waals surface area contributed by atoms with Gasteiger partial charge in [-0.1, -0.05) is 29.3 Å². The minimum absolute atomic E-state index is 0.0135. The Labute approximate surface area is 211 Å². The Morgan fingerprint density at radius 1 is 1.14 bits per heavy atom. The average molecular weight is 518 g/mol. The van der Waals surface area contributed by atoms with Crippen LogP contribution in [-0.4, -0.2) is 43.2 Å². The standard InChI is InChI=1S/C25H22Cl2FN3O4/c1-31(25(33)22-19(27)3-2-4-20(22)28)24-21(35-16-7-9-34-10-8-16)12-15(13-30-24)17-11-14(23(29)32)5-6-18(17)26/h2-6,11-13,16H,7-10H2,1H3,(H2,29,32). The first-order valence-corrected chi connectivity index (χ1v) is 11.6. The molecule has 0 saturated carbocycles. The molecule has 0 radical (unpaired) electrons. The van der Waals surface area contributed by atoms with E-state index in [1.165, 1.54) is 36.3 Å². The molecule has 1 aliphatic rings. The lowest BCUT2D eigenvalue weighted by atomic mass is 10.0. The summed E-state index contributed by atoms with van der Waals surface area (Å²) >= 11 is 12.5. The Hall–Kier alpha value is -3.20. The first-order chi connectivity index (χ1) is 16.8. The summed E-state index contributed by atoms with van der Waals surface area (Å²) in [5, 5.41) is 0.365. The van der Waals surface area contributed by atoms with Crippen LogP contribution in [0.2, 0.25) is 10.0 Å². The number of primary amides is 1. The zero-order chi connectivity index (χ0) is 25.1. The monoisotopic (exact) mass is 517 g/mol. The van der Waals surface area contributed by atoms with Crippen molar-refractivity contribution in [1.29, 1.82) is 0 Å². The van der Waals surface area contributed by atoms with E-state index in [1.807, 2.05) is 0 Å². The van der Waals surface area contributed by atoms with Gasteiger partial charge < -0.3 is 15.2 Å². The predicted octanol–water partition coefficient (Wildman–Crippen LogP) is 5.13. The molecule has 2 aromatic carbocycles. The van der Waals surface area contributed by atoms with Gasteiger partial charge in [-0.25, -0.2) is 9.37 Å². The highest BCUT2D eigenvalue weighted by molar-refractivity contribution is 6.34. The Balaban J connectivity index is 1.77. The fourth-order valence-electron chi connectivity index (χ4n) is 3.76. The molecular weight excluding hydrogens is 496 g/mol. The van der Waals surface area contributed by atoms with Crippen molar-refractivity contribution in [3.05, 3.63) is 75.7 Å². The van der Waals surface area contributed by atoms with Crippen LogP contribution in [0, 0.1) is 5.82 Å². The molecule has 2 N–H and O–H groups in total. The van der Waals surface area contributed by atoms with Gasteiger partial charge in [-0.2, -0.15) is 0 Å². The van der Waals surface area contributed by atoms with E-state index in [2.05, 4.69) is 4.98 Å². The molecule has 0 atom stereocenters. The van der Waals surface area contributed by atoms with Crippen molar-refractivity contribution in [2.75, 3.05) is 25.2 Å². The van der Waals surface area contributed by atoms with Gasteiger partial charge in [-0.05, 0) is 36.4 Å². The number of hydrogen-bond acceptors (Lipinski definition) is 5. The van der Waals surface area contributed by atoms with Crippen LogP contribution < -0.4 is 15.4 Å². The van der Waals surface area contributed by atoms with Crippen LogP contribution in [0.5, 0.6) is 5.75 Å². The van der Waals surface area contributed by atoms with Crippen LogP contribution in [-0.2, 0) is 4.74 Å². The highest BCUT2D eigenvalue weighted by Gasteiger charge is 2.26. The van der Waals surface area contributed by atoms with Crippen LogP contribution in [0.4, 0.5) is 10.2 Å². The normalized spacial score (nSPS) is 13.9. The maximum atomic E-state index is 14.4. The highest BCUT2D eigenvalue weighted by atomic mass is 35.5. The van der Waals surface area contributed by atoms with Crippen molar-refractivity contribution in [3.63, 3.8) is 0 Å². The van der Waals surface area contributed by atoms with E-state index in [9.17, 15) is 14.0 Å². The maximum absolute atomic E-state index is 14.4. The van der Waals surface area contributed by atoms with Crippen molar-refractivity contribution >= 4 is 40.8 Å². The summed E-state index contributed by atoms with van der Waals surface area (Å²) in [6.07, 6.45) is 2.62. The third-order valence-corrected chi connectivity index (χ3v) is 6.30. The molecule has 1 aromatic heterocycles. The summed E-state index contributed by atoms with van der Waals surface area (Å²) in [6, 6.07) is 10.4. The lowest BCUT2D eigenvalue weighted by Crippen LogP contribution is -2.31. The molecule has 1 aliphatic heterocycles. The number of nitrogens with two attached hydrogens (primary N) is 1. The zero-order valence-electron chi connectivity index (χ0n) is 18.8. The van der Waals surface area contributed by atoms with E-state index < -0.39 is 17.6 Å². The molecule has 35 heavy (non-hydrogen) atoms. The molecule has 2 amide bonds. The molecule has 10 heteroatoms. The van der Waals surface area contributed by atoms with Gasteiger partial charge in [0.1, 0.15) is 11.9 Å². The molecular formula is C25H22Cl2FN3O4. The number of ether oxygens (including phenoxy) is 2. The van der Waals surface area contributed by atoms with E-state index in [0.29, 0.717) is 48.0 Å². The van der Waals surface area contributed by atoms with E-state index in [4.69, 9.17) is 38.4 Å². The number of anilines is 1. The van der Waals surface area contributed by atoms with Crippen LogP contribution in [0.1, 0.15) is 33.6 Å². The molecule has 0 aliphatic carbocycles. The van der Waals surface area contributed by atoms with Crippen molar-refractivity contribution < 1.29 is 23.5 Å². The fourth-order valence-corrected chi connectivity index (χ4v) is 4.23. The Morgan fingerprint density at radius 2 is 1.89 bits per heavy atom. The minimum atomic E-state index is -0.743. The number of aromatic nitrogens is 1. The zero-order valence-corrected chi connectivity index (χ0v) is 20.3. The van der Waals surface area contributed by atoms with Crippen molar-refractivity contribution in [3.8, 4) is 16.9 Å². The van der Waals surface area contributed by atoms with Crippen LogP contribution in [0.25, 0.3) is 11.1 Å². The number of carbonyl (C=O) groups excluding carboxylic acids is 2. The molecule has 7 nitrogen and oxygen atoms in total. The van der Waals surface area contributed by atoms with Gasteiger partial charge in [0.15, 0.2) is 11.6 Å². The number of halogens is 3. The summed E-state index contributed by atoms with van der Waals surface area (Å²) in [4.78, 5) is 30.5. The van der Waals surface area contributed by atoms with E-state index in [1.54, 1.807) is 18.2 Å². The number of pyridine rings is 1. The van der Waals surface area contributed by atoms with Gasteiger partial charge in [0.2, 0.25) is 5.91 Å². The summed E-state index contributed by atoms with van der Waals surface area (Å²) in [5.41, 5.74) is 6.50. The average Bonchev–Trinajstić information content (AvgIpc) is 2.84. The van der Waals surface area contributed by atoms with Crippen LogP contribution in [0.15, 0.2) is 48.7 Å². The van der Waals surface area contributed by atoms with Crippen molar-refractivity contribution in [2.24, 2.45) is 5.73 Å². The fraction of sp³-hybridized carbons (Fsp3) is 0.240. The lowest BCUT2D eigenvalue weighted by molar-refractivity contribution is 0.0256. The molecule has 1 fully saturated rings. The van der Waals surface area contributed by atoms with E-state index in [0.717, 1.165) is 6.07 Å². The number of nitrogens with zero attached hydrogens (tertiary/aromatic N) is 2. The molecule has 0 spiro atoms. The number of rotatable bonds is 6. The quantitative estimate of drug-likeness (QED) is 0.489. The number of carbonyl (C=O) groups is 2. The maximum Gasteiger partial charge on any atom is 0.263 e. The first-order valence-electron chi connectivity index (χ1n) is 10.8. The summed E-state index contributed by atoms with van der Waals surface area (Å²) in [5.74, 6) is -1.56. The second-order valence-electron chi connectivity index (χ2n) is 8.00. The molecule has 3 aromatic rings. The molecule has 182 valence electrons. The Morgan fingerprint density at radius 3 is 2.57 bits per heavy atom. The lowest BCUT2D eigenvalue weighted by Gasteiger charge is -2.27. The smallest absolute Gasteiger partial charge is 0.263 e. The Bertz CT molecular complexity index is 1260. The number of hydrogen-bond donors (Lipinski definition) is 1. The second-order valence-corrected chi connectivity index (χ2v) is 8.81. The van der Waals surface area contributed by atoms with Gasteiger partial charge in [0.25, 0.3) is 5.91 Å². The van der Waals surface area contributed by atoms with E-state index >= 15 is 0 Å². The first kappa shape index (κ1) is 24.9. The van der Waals surface area contributed by atoms with E-state index in [-0.39, 0.29) is 28.1 Å². The van der Waals surface area contributed by atoms with Gasteiger partial charge in [0, 0.05) is 47.8 Å². The molecule has 4 rings (SSSR count). The van der Waals surface area contributed by atoms with Crippen molar-refractivity contribution in [1.82, 2.24) is 4.98 Å². The number of amides is 2. The predicted molar refractivity (Wildman–Crippen MR) is 132 cm³/mol. The summed E-state index contributed by atoms with van der Waals surface area (Å²) < 4.78 is 26.1. The Kier molecular flexibility index (Phi) is 7.54. The molecule has 2 heterocycles. The van der Waals surface area contributed by atoms with Crippen LogP contribution >= 0.6 is 23.2 Å². The summed E-state index contributed by atoms with van der Waals surface area (Å²) in [6.45, 7) is 1.08. The van der Waals surface area contributed by atoms with Gasteiger partial charge in [-0.3, -0.25) is 14.5 Å². The largest absolute Gasteiger partial charge is 0.486 e. The van der Waals surface area contributed by atoms with Crippen LogP contribution in [0.3, 0.4) is 0 Å². The second kappa shape index (κ2) is 10.6. The molecule has 1 saturated heterocycles. The third kappa shape index (κ3) is 5.40. The topological polar surface area (TPSA) is 94.8 Å². The third-order valence-electron chi connectivity index (χ3n) is 5.66. The van der Waals surface area contributed by atoms with Gasteiger partial charge >= 0.3 is 0 Å². The SMILES string of the molecule is CN(C(=O)c1c(F)cccc1Cl)c1ncc(-c2cc(C(N)=O)ccc2Cl)cc1OC1CCOCC1. The number of benzene rings is 2. The molecule has 0 unspecified atom stereocenters. The highest BCUT2D eigenvalue weighted by Crippen LogP contribution is 2.36. The minimum Gasteiger partial charge on any atom is -0.486 e. The summed E-state index contributed by atoms with van der Waals surface area (Å²) in [7, 11) is 1.46. The van der Waals surface area contributed by atoms with Gasteiger partial charge in [-0.15, -0.1) is 0 Å². The van der Waals surface area contributed by atoms with Crippen molar-refractivity contribution in [2.45, 2.75) is 18.9 Å². The molecule has 0 bridgehead atoms.